The Balaban J connectivity index is 2.07. The van der Waals surface area contributed by atoms with Crippen LogP contribution in [0.4, 0.5) is 0 Å². The highest BCUT2D eigenvalue weighted by Crippen LogP contribution is 2.19. The molecule has 0 saturated heterocycles. The van der Waals surface area contributed by atoms with E-state index in [0.29, 0.717) is 11.4 Å². The summed E-state index contributed by atoms with van der Waals surface area (Å²) < 4.78 is 0. The van der Waals surface area contributed by atoms with Crippen LogP contribution in [0.2, 0.25) is 5.02 Å². The summed E-state index contributed by atoms with van der Waals surface area (Å²) in [6.45, 7) is 2.11. The fourth-order valence-corrected chi connectivity index (χ4v) is 2.71. The maximum atomic E-state index is 12.1. The summed E-state index contributed by atoms with van der Waals surface area (Å²) in [4.78, 5) is 13.3. The molecule has 0 amide bonds. The zero-order chi connectivity index (χ0) is 13.7. The van der Waals surface area contributed by atoms with Crippen LogP contribution in [0.3, 0.4) is 0 Å². The van der Waals surface area contributed by atoms with Crippen molar-refractivity contribution in [3.63, 3.8) is 0 Å². The van der Waals surface area contributed by atoms with E-state index >= 15 is 0 Å². The Morgan fingerprint density at radius 1 is 1.16 bits per heavy atom. The summed E-state index contributed by atoms with van der Waals surface area (Å²) >= 11 is 7.69. The SMILES string of the molecule is CCSc1ccc(C(=O)Cc2cccc(Cl)c2)cc1. The molecule has 1 nitrogen and oxygen atoms in total. The molecule has 0 aliphatic heterocycles. The van der Waals surface area contributed by atoms with Crippen molar-refractivity contribution in [2.24, 2.45) is 0 Å². The van der Waals surface area contributed by atoms with Crippen LogP contribution in [0, 0.1) is 0 Å². The summed E-state index contributed by atoms with van der Waals surface area (Å²) in [6.07, 6.45) is 0.390. The maximum absolute atomic E-state index is 12.1. The molecule has 0 N–H and O–H groups in total. The van der Waals surface area contributed by atoms with E-state index in [-0.39, 0.29) is 5.78 Å². The Bertz CT molecular complexity index is 563. The number of carbonyl (C=O) groups excluding carboxylic acids is 1. The summed E-state index contributed by atoms with van der Waals surface area (Å²) in [5.41, 5.74) is 1.70. The Morgan fingerprint density at radius 2 is 1.89 bits per heavy atom. The average molecular weight is 291 g/mol. The first-order chi connectivity index (χ1) is 9.19. The largest absolute Gasteiger partial charge is 0.294 e. The quantitative estimate of drug-likeness (QED) is 0.577. The molecule has 0 heterocycles. The van der Waals surface area contributed by atoms with Crippen molar-refractivity contribution in [1.82, 2.24) is 0 Å². The van der Waals surface area contributed by atoms with Crippen molar-refractivity contribution < 1.29 is 4.79 Å². The molecule has 2 rings (SSSR count). The van der Waals surface area contributed by atoms with Crippen LogP contribution < -0.4 is 0 Å². The van der Waals surface area contributed by atoms with Gasteiger partial charge in [0.25, 0.3) is 0 Å². The number of halogens is 1. The van der Waals surface area contributed by atoms with Gasteiger partial charge in [-0.1, -0.05) is 42.8 Å². The minimum atomic E-state index is 0.121. The molecule has 0 aromatic heterocycles. The fourth-order valence-electron chi connectivity index (χ4n) is 1.84. The Labute approximate surface area is 123 Å². The molecule has 3 heteroatoms. The minimum absolute atomic E-state index is 0.121. The Kier molecular flexibility index (Phi) is 5.06. The third-order valence-electron chi connectivity index (χ3n) is 2.74. The maximum Gasteiger partial charge on any atom is 0.167 e. The molecule has 2 aromatic carbocycles. The zero-order valence-electron chi connectivity index (χ0n) is 10.7. The van der Waals surface area contributed by atoms with Crippen molar-refractivity contribution in [3.05, 3.63) is 64.7 Å². The molecule has 0 bridgehead atoms. The summed E-state index contributed by atoms with van der Waals surface area (Å²) in [5, 5.41) is 0.667. The molecule has 0 unspecified atom stereocenters. The van der Waals surface area contributed by atoms with Crippen molar-refractivity contribution in [1.29, 1.82) is 0 Å². The lowest BCUT2D eigenvalue weighted by atomic mass is 10.0. The third kappa shape index (κ3) is 4.12. The van der Waals surface area contributed by atoms with Gasteiger partial charge in [0.15, 0.2) is 5.78 Å². The van der Waals surface area contributed by atoms with Gasteiger partial charge < -0.3 is 0 Å². The zero-order valence-corrected chi connectivity index (χ0v) is 12.3. The predicted molar refractivity (Wildman–Crippen MR) is 82.3 cm³/mol. The minimum Gasteiger partial charge on any atom is -0.294 e. The highest BCUT2D eigenvalue weighted by molar-refractivity contribution is 7.99. The van der Waals surface area contributed by atoms with Crippen LogP contribution >= 0.6 is 23.4 Å². The Morgan fingerprint density at radius 3 is 2.53 bits per heavy atom. The second-order valence-electron chi connectivity index (χ2n) is 4.19. The van der Waals surface area contributed by atoms with Crippen molar-refractivity contribution in [3.8, 4) is 0 Å². The molecular formula is C16H15ClOS. The highest BCUT2D eigenvalue weighted by atomic mass is 35.5. The smallest absolute Gasteiger partial charge is 0.167 e. The fraction of sp³-hybridized carbons (Fsp3) is 0.188. The number of rotatable bonds is 5. The molecule has 0 radical (unpaired) electrons. The lowest BCUT2D eigenvalue weighted by Gasteiger charge is -2.04. The van der Waals surface area contributed by atoms with Crippen LogP contribution in [-0.4, -0.2) is 11.5 Å². The third-order valence-corrected chi connectivity index (χ3v) is 3.87. The number of benzene rings is 2. The highest BCUT2D eigenvalue weighted by Gasteiger charge is 2.07. The summed E-state index contributed by atoms with van der Waals surface area (Å²) in [6, 6.07) is 15.2. The van der Waals surface area contributed by atoms with E-state index < -0.39 is 0 Å². The number of thioether (sulfide) groups is 1. The molecule has 0 fully saturated rings. The molecule has 98 valence electrons. The van der Waals surface area contributed by atoms with Crippen molar-refractivity contribution in [2.45, 2.75) is 18.2 Å². The van der Waals surface area contributed by atoms with Crippen LogP contribution in [-0.2, 0) is 6.42 Å². The average Bonchev–Trinajstić information content (AvgIpc) is 2.40. The number of ketones is 1. The van der Waals surface area contributed by atoms with Gasteiger partial charge in [-0.05, 0) is 35.6 Å². The Hall–Kier alpha value is -1.25. The predicted octanol–water partition coefficient (Wildman–Crippen LogP) is 4.88. The van der Waals surface area contributed by atoms with E-state index in [0.717, 1.165) is 16.9 Å². The van der Waals surface area contributed by atoms with Gasteiger partial charge in [0.2, 0.25) is 0 Å². The van der Waals surface area contributed by atoms with E-state index in [1.54, 1.807) is 11.8 Å². The van der Waals surface area contributed by atoms with Crippen LogP contribution in [0.25, 0.3) is 0 Å². The lowest BCUT2D eigenvalue weighted by molar-refractivity contribution is 0.0993. The first-order valence-corrected chi connectivity index (χ1v) is 7.56. The second-order valence-corrected chi connectivity index (χ2v) is 5.96. The lowest BCUT2D eigenvalue weighted by Crippen LogP contribution is -2.03. The second kappa shape index (κ2) is 6.78. The van der Waals surface area contributed by atoms with Gasteiger partial charge in [-0.3, -0.25) is 4.79 Å². The van der Waals surface area contributed by atoms with Gasteiger partial charge in [0.1, 0.15) is 0 Å². The van der Waals surface area contributed by atoms with Gasteiger partial charge in [0.05, 0.1) is 0 Å². The number of hydrogen-bond acceptors (Lipinski definition) is 2. The van der Waals surface area contributed by atoms with E-state index in [1.807, 2.05) is 48.5 Å². The van der Waals surface area contributed by atoms with E-state index in [1.165, 1.54) is 4.90 Å². The van der Waals surface area contributed by atoms with Gasteiger partial charge in [-0.15, -0.1) is 11.8 Å². The van der Waals surface area contributed by atoms with Crippen LogP contribution in [0.1, 0.15) is 22.8 Å². The molecule has 19 heavy (non-hydrogen) atoms. The molecular weight excluding hydrogens is 276 g/mol. The summed E-state index contributed by atoms with van der Waals surface area (Å²) in [7, 11) is 0. The van der Waals surface area contributed by atoms with Crippen molar-refractivity contribution >= 4 is 29.1 Å². The van der Waals surface area contributed by atoms with Gasteiger partial charge in [0, 0.05) is 21.9 Å². The van der Waals surface area contributed by atoms with E-state index in [9.17, 15) is 4.79 Å². The monoisotopic (exact) mass is 290 g/mol. The normalized spacial score (nSPS) is 10.4. The molecule has 0 saturated carbocycles. The first-order valence-electron chi connectivity index (χ1n) is 6.19. The van der Waals surface area contributed by atoms with Crippen LogP contribution in [0.15, 0.2) is 53.4 Å². The van der Waals surface area contributed by atoms with E-state index in [2.05, 4.69) is 6.92 Å². The number of Topliss-reactive ketones (excluding diaryl/α,β-unsaturated/α-hetero) is 1. The van der Waals surface area contributed by atoms with Crippen molar-refractivity contribution in [2.75, 3.05) is 5.75 Å². The van der Waals surface area contributed by atoms with Gasteiger partial charge in [-0.2, -0.15) is 0 Å². The molecule has 0 spiro atoms. The standard InChI is InChI=1S/C16H15ClOS/c1-2-19-15-8-6-13(7-9-15)16(18)11-12-4-3-5-14(17)10-12/h3-10H,2,11H2,1H3. The van der Waals surface area contributed by atoms with Gasteiger partial charge in [-0.25, -0.2) is 0 Å². The van der Waals surface area contributed by atoms with Crippen LogP contribution in [0.5, 0.6) is 0 Å². The number of hydrogen-bond donors (Lipinski definition) is 0. The van der Waals surface area contributed by atoms with Gasteiger partial charge >= 0.3 is 0 Å². The molecule has 0 aliphatic carbocycles. The molecule has 2 aromatic rings. The topological polar surface area (TPSA) is 17.1 Å². The molecule has 0 atom stereocenters. The van der Waals surface area contributed by atoms with E-state index in [4.69, 9.17) is 11.6 Å². The first kappa shape index (κ1) is 14.2. The molecule has 0 aliphatic rings. The summed E-state index contributed by atoms with van der Waals surface area (Å²) in [5.74, 6) is 1.16. The number of carbonyl (C=O) groups is 1.